The van der Waals surface area contributed by atoms with Gasteiger partial charge >= 0.3 is 0 Å². The van der Waals surface area contributed by atoms with Gasteiger partial charge < -0.3 is 14.8 Å². The van der Waals surface area contributed by atoms with Crippen LogP contribution in [0.1, 0.15) is 57.0 Å². The van der Waals surface area contributed by atoms with Crippen LogP contribution >= 0.6 is 11.8 Å². The number of fused-ring (bicyclic) bond motifs is 1. The van der Waals surface area contributed by atoms with E-state index in [0.717, 1.165) is 41.4 Å². The van der Waals surface area contributed by atoms with E-state index in [1.54, 1.807) is 0 Å². The summed E-state index contributed by atoms with van der Waals surface area (Å²) in [4.78, 5) is 27.7. The molecule has 7 nitrogen and oxygen atoms in total. The van der Waals surface area contributed by atoms with Gasteiger partial charge in [0.05, 0.1) is 11.7 Å². The number of aromatic nitrogens is 2. The highest BCUT2D eigenvalue weighted by Gasteiger charge is 2.24. The minimum absolute atomic E-state index is 0.0598. The first-order chi connectivity index (χ1) is 15.3. The smallest absolute Gasteiger partial charge is 0.293 e. The summed E-state index contributed by atoms with van der Waals surface area (Å²) in [6.45, 7) is 10.7. The van der Waals surface area contributed by atoms with Crippen LogP contribution in [0.15, 0.2) is 40.3 Å². The molecule has 32 heavy (non-hydrogen) atoms. The number of hydrogen-bond donors (Lipinski definition) is 1. The molecule has 0 saturated carbocycles. The number of carbonyl (C=O) groups excluding carboxylic acids is 1. The van der Waals surface area contributed by atoms with E-state index in [0.29, 0.717) is 26.2 Å². The number of nitrogens with one attached hydrogen (secondary N) is 1. The zero-order chi connectivity index (χ0) is 23.6. The second-order valence-electron chi connectivity index (χ2n) is 8.36. The number of nitrogens with zero attached hydrogens (tertiary/aromatic N) is 2. The van der Waals surface area contributed by atoms with Crippen LogP contribution in [0.25, 0.3) is 0 Å². The molecule has 8 heteroatoms. The maximum Gasteiger partial charge on any atom is 0.293 e. The van der Waals surface area contributed by atoms with Gasteiger partial charge in [-0.2, -0.15) is 0 Å². The van der Waals surface area contributed by atoms with Crippen molar-refractivity contribution in [3.05, 3.63) is 57.5 Å². The van der Waals surface area contributed by atoms with Crippen molar-refractivity contribution in [3.63, 3.8) is 0 Å². The third kappa shape index (κ3) is 7.46. The van der Waals surface area contributed by atoms with Crippen LogP contribution in [-0.4, -0.2) is 47.6 Å². The molecule has 0 bridgehead atoms. The van der Waals surface area contributed by atoms with E-state index in [2.05, 4.69) is 22.2 Å². The highest BCUT2D eigenvalue weighted by atomic mass is 32.2. The Hall–Kier alpha value is -2.16. The van der Waals surface area contributed by atoms with Gasteiger partial charge in [0.1, 0.15) is 5.60 Å². The molecule has 176 valence electrons. The Labute approximate surface area is 194 Å². The van der Waals surface area contributed by atoms with Gasteiger partial charge in [-0.15, -0.1) is 0 Å². The van der Waals surface area contributed by atoms with Gasteiger partial charge in [0, 0.05) is 25.3 Å². The van der Waals surface area contributed by atoms with Crippen molar-refractivity contribution >= 4 is 18.2 Å². The van der Waals surface area contributed by atoms with Gasteiger partial charge in [0.2, 0.25) is 0 Å². The lowest BCUT2D eigenvalue weighted by atomic mass is 10.0. The normalized spacial score (nSPS) is 14.0. The molecule has 0 spiro atoms. The number of thioether (sulfide) groups is 1. The van der Waals surface area contributed by atoms with Crippen LogP contribution in [0.5, 0.6) is 0 Å². The third-order valence-corrected chi connectivity index (χ3v) is 5.58. The molecule has 1 unspecified atom stereocenters. The number of ether oxygens (including phenoxy) is 2. The average Bonchev–Trinajstić information content (AvgIpc) is 2.77. The fourth-order valence-corrected chi connectivity index (χ4v) is 4.04. The Balaban J connectivity index is 0.000000451. The maximum absolute atomic E-state index is 13.3. The molecule has 1 aromatic carbocycles. The van der Waals surface area contributed by atoms with Crippen molar-refractivity contribution in [2.75, 3.05) is 26.0 Å². The second kappa shape index (κ2) is 12.8. The summed E-state index contributed by atoms with van der Waals surface area (Å²) in [7, 11) is 0. The van der Waals surface area contributed by atoms with E-state index in [9.17, 15) is 9.59 Å². The van der Waals surface area contributed by atoms with Crippen molar-refractivity contribution in [3.8, 4) is 0 Å². The quantitative estimate of drug-likeness (QED) is 0.278. The molecule has 0 amide bonds. The molecule has 1 atom stereocenters. The number of benzene rings is 1. The summed E-state index contributed by atoms with van der Waals surface area (Å²) in [5, 5.41) is 4.08. The van der Waals surface area contributed by atoms with Gasteiger partial charge in [-0.3, -0.25) is 14.2 Å². The first kappa shape index (κ1) is 26.1. The lowest BCUT2D eigenvalue weighted by molar-refractivity contribution is -0.138. The van der Waals surface area contributed by atoms with Gasteiger partial charge in [0.25, 0.3) is 12.0 Å². The lowest BCUT2D eigenvalue weighted by Gasteiger charge is -2.26. The van der Waals surface area contributed by atoms with Crippen molar-refractivity contribution < 1.29 is 14.3 Å². The van der Waals surface area contributed by atoms with E-state index in [1.165, 1.54) is 11.8 Å². The first-order valence-electron chi connectivity index (χ1n) is 11.0. The maximum atomic E-state index is 13.3. The van der Waals surface area contributed by atoms with E-state index in [-0.39, 0.29) is 17.2 Å². The molecule has 0 fully saturated rings. The predicted molar refractivity (Wildman–Crippen MR) is 128 cm³/mol. The fourth-order valence-electron chi connectivity index (χ4n) is 3.43. The zero-order valence-corrected chi connectivity index (χ0v) is 20.5. The molecule has 0 radical (unpaired) electrons. The number of carbonyl (C=O) groups is 1. The van der Waals surface area contributed by atoms with Crippen molar-refractivity contribution in [2.45, 2.75) is 63.9 Å². The fraction of sp³-hybridized carbons (Fsp3) is 0.542. The molecule has 3 rings (SSSR count). The summed E-state index contributed by atoms with van der Waals surface area (Å²) >= 11 is 1.53. The Bertz CT molecular complexity index is 910. The highest BCUT2D eigenvalue weighted by Crippen LogP contribution is 2.26. The van der Waals surface area contributed by atoms with Gasteiger partial charge in [-0.1, -0.05) is 42.1 Å². The minimum Gasteiger partial charge on any atom is -0.462 e. The lowest BCUT2D eigenvalue weighted by Crippen LogP contribution is -2.37. The summed E-state index contributed by atoms with van der Waals surface area (Å²) in [5.41, 5.74) is 2.65. The van der Waals surface area contributed by atoms with Crippen LogP contribution < -0.4 is 10.9 Å². The SMILES string of the molecule is CC(C)(C)OC=O.CCOCCC(c1ccccc1)n1c(SC)nc2c(c1=O)CCNC2. The largest absolute Gasteiger partial charge is 0.462 e. The Kier molecular flexibility index (Phi) is 10.4. The molecule has 1 aliphatic rings. The Morgan fingerprint density at radius 3 is 2.56 bits per heavy atom. The summed E-state index contributed by atoms with van der Waals surface area (Å²) in [5.74, 6) is 0. The van der Waals surface area contributed by atoms with E-state index >= 15 is 0 Å². The second-order valence-corrected chi connectivity index (χ2v) is 9.14. The van der Waals surface area contributed by atoms with Crippen LogP contribution in [0.3, 0.4) is 0 Å². The van der Waals surface area contributed by atoms with E-state index in [1.807, 2.05) is 56.7 Å². The molecule has 1 N–H and O–H groups in total. The first-order valence-corrected chi connectivity index (χ1v) is 12.2. The van der Waals surface area contributed by atoms with Crippen LogP contribution in [0, 0.1) is 0 Å². The molecular weight excluding hydrogens is 426 g/mol. The van der Waals surface area contributed by atoms with Crippen molar-refractivity contribution in [1.82, 2.24) is 14.9 Å². The molecule has 2 heterocycles. The van der Waals surface area contributed by atoms with Gasteiger partial charge in [-0.05, 0) is 58.9 Å². The molecule has 1 aromatic heterocycles. The Morgan fingerprint density at radius 2 is 2.00 bits per heavy atom. The van der Waals surface area contributed by atoms with Gasteiger partial charge in [0.15, 0.2) is 5.16 Å². The molecule has 0 aliphatic carbocycles. The predicted octanol–water partition coefficient (Wildman–Crippen LogP) is 3.58. The summed E-state index contributed by atoms with van der Waals surface area (Å²) in [6, 6.07) is 10.1. The van der Waals surface area contributed by atoms with Crippen molar-refractivity contribution in [1.29, 1.82) is 0 Å². The number of rotatable bonds is 8. The summed E-state index contributed by atoms with van der Waals surface area (Å²) in [6.07, 6.45) is 3.47. The zero-order valence-electron chi connectivity index (χ0n) is 19.7. The topological polar surface area (TPSA) is 82.5 Å². The van der Waals surface area contributed by atoms with Crippen LogP contribution in [0.2, 0.25) is 0 Å². The standard InChI is InChI=1S/C19H25N3O2S.C5H10O2/c1-3-24-12-10-17(14-7-5-4-6-8-14)22-18(23)15-9-11-20-13-16(15)21-19(22)25-2;1-5(2,3)7-4-6/h4-8,17,20H,3,9-13H2,1-2H3;4H,1-3H3. The van der Waals surface area contributed by atoms with E-state index < -0.39 is 0 Å². The van der Waals surface area contributed by atoms with Gasteiger partial charge in [-0.25, -0.2) is 4.98 Å². The van der Waals surface area contributed by atoms with Crippen LogP contribution in [-0.2, 0) is 27.2 Å². The number of hydrogen-bond acceptors (Lipinski definition) is 7. The summed E-state index contributed by atoms with van der Waals surface area (Å²) < 4.78 is 12.0. The molecule has 1 aliphatic heterocycles. The molecule has 2 aromatic rings. The van der Waals surface area contributed by atoms with Crippen molar-refractivity contribution in [2.24, 2.45) is 0 Å². The average molecular weight is 462 g/mol. The minimum atomic E-state index is -0.318. The molecular formula is C24H35N3O4S. The third-order valence-electron chi connectivity index (χ3n) is 4.93. The van der Waals surface area contributed by atoms with E-state index in [4.69, 9.17) is 9.72 Å². The highest BCUT2D eigenvalue weighted by molar-refractivity contribution is 7.98. The van der Waals surface area contributed by atoms with Crippen LogP contribution in [0.4, 0.5) is 0 Å². The monoisotopic (exact) mass is 461 g/mol. The Morgan fingerprint density at radius 1 is 1.28 bits per heavy atom. The molecule has 0 saturated heterocycles.